The van der Waals surface area contributed by atoms with Gasteiger partial charge < -0.3 is 10.2 Å². The molecule has 0 aliphatic carbocycles. The standard InChI is InChI=1S/C18H30N2/c1-4-11-19-18(17-9-7-15(2)8-10-17)14-20-12-5-6-16(3)13-20/h7-10,16,18-19H,4-6,11-14H2,1-3H3. The van der Waals surface area contributed by atoms with E-state index in [1.54, 1.807) is 0 Å². The first kappa shape index (κ1) is 15.5. The van der Waals surface area contributed by atoms with E-state index in [9.17, 15) is 0 Å². The number of hydrogen-bond acceptors (Lipinski definition) is 2. The van der Waals surface area contributed by atoms with Crippen LogP contribution in [0.5, 0.6) is 0 Å². The fourth-order valence-corrected chi connectivity index (χ4v) is 3.12. The molecule has 1 N–H and O–H groups in total. The van der Waals surface area contributed by atoms with Crippen molar-refractivity contribution in [3.05, 3.63) is 35.4 Å². The van der Waals surface area contributed by atoms with Crippen LogP contribution in [0, 0.1) is 12.8 Å². The van der Waals surface area contributed by atoms with Crippen molar-refractivity contribution in [1.82, 2.24) is 10.2 Å². The molecule has 0 saturated carbocycles. The zero-order valence-electron chi connectivity index (χ0n) is 13.4. The number of benzene rings is 1. The lowest BCUT2D eigenvalue weighted by atomic mass is 9.98. The highest BCUT2D eigenvalue weighted by molar-refractivity contribution is 5.24. The van der Waals surface area contributed by atoms with Crippen LogP contribution in [0.15, 0.2) is 24.3 Å². The fraction of sp³-hybridized carbons (Fsp3) is 0.667. The Morgan fingerprint density at radius 1 is 1.30 bits per heavy atom. The molecular weight excluding hydrogens is 244 g/mol. The molecule has 1 fully saturated rings. The monoisotopic (exact) mass is 274 g/mol. The quantitative estimate of drug-likeness (QED) is 0.849. The van der Waals surface area contributed by atoms with Gasteiger partial charge >= 0.3 is 0 Å². The summed E-state index contributed by atoms with van der Waals surface area (Å²) in [6.45, 7) is 11.5. The molecule has 1 aromatic rings. The van der Waals surface area contributed by atoms with Crippen LogP contribution in [-0.4, -0.2) is 31.1 Å². The fourth-order valence-electron chi connectivity index (χ4n) is 3.12. The molecule has 0 aromatic heterocycles. The molecule has 2 heteroatoms. The first-order valence-corrected chi connectivity index (χ1v) is 8.21. The molecule has 2 rings (SSSR count). The average Bonchev–Trinajstić information content (AvgIpc) is 2.44. The summed E-state index contributed by atoms with van der Waals surface area (Å²) in [6.07, 6.45) is 3.95. The number of rotatable bonds is 6. The zero-order chi connectivity index (χ0) is 14.4. The van der Waals surface area contributed by atoms with Gasteiger partial charge in [-0.15, -0.1) is 0 Å². The van der Waals surface area contributed by atoms with Crippen LogP contribution in [-0.2, 0) is 0 Å². The Morgan fingerprint density at radius 2 is 2.05 bits per heavy atom. The molecule has 1 heterocycles. The van der Waals surface area contributed by atoms with E-state index in [1.807, 2.05) is 0 Å². The molecule has 2 nitrogen and oxygen atoms in total. The van der Waals surface area contributed by atoms with Gasteiger partial charge in [-0.2, -0.15) is 0 Å². The second kappa shape index (κ2) is 7.80. The lowest BCUT2D eigenvalue weighted by molar-refractivity contribution is 0.167. The van der Waals surface area contributed by atoms with Gasteiger partial charge in [0.25, 0.3) is 0 Å². The minimum absolute atomic E-state index is 0.473. The lowest BCUT2D eigenvalue weighted by Crippen LogP contribution is -2.40. The van der Waals surface area contributed by atoms with Crippen LogP contribution in [0.3, 0.4) is 0 Å². The zero-order valence-corrected chi connectivity index (χ0v) is 13.4. The number of likely N-dealkylation sites (tertiary alicyclic amines) is 1. The summed E-state index contributed by atoms with van der Waals surface area (Å²) < 4.78 is 0. The molecule has 0 spiro atoms. The topological polar surface area (TPSA) is 15.3 Å². The SMILES string of the molecule is CCCNC(CN1CCCC(C)C1)c1ccc(C)cc1. The summed E-state index contributed by atoms with van der Waals surface area (Å²) in [7, 11) is 0. The molecule has 1 saturated heterocycles. The van der Waals surface area contributed by atoms with Crippen molar-refractivity contribution in [2.45, 2.75) is 46.1 Å². The van der Waals surface area contributed by atoms with E-state index in [-0.39, 0.29) is 0 Å². The van der Waals surface area contributed by atoms with Gasteiger partial charge in [0.15, 0.2) is 0 Å². The summed E-state index contributed by atoms with van der Waals surface area (Å²) in [4.78, 5) is 2.64. The van der Waals surface area contributed by atoms with Crippen LogP contribution >= 0.6 is 0 Å². The van der Waals surface area contributed by atoms with Crippen LogP contribution in [0.1, 0.15) is 50.3 Å². The minimum Gasteiger partial charge on any atom is -0.309 e. The van der Waals surface area contributed by atoms with E-state index in [0.717, 1.165) is 19.0 Å². The van der Waals surface area contributed by atoms with Gasteiger partial charge in [-0.25, -0.2) is 0 Å². The molecular formula is C18H30N2. The van der Waals surface area contributed by atoms with Crippen molar-refractivity contribution in [3.8, 4) is 0 Å². The smallest absolute Gasteiger partial charge is 0.0449 e. The Hall–Kier alpha value is -0.860. The summed E-state index contributed by atoms with van der Waals surface area (Å²) in [5.74, 6) is 0.855. The second-order valence-electron chi connectivity index (χ2n) is 6.42. The highest BCUT2D eigenvalue weighted by Crippen LogP contribution is 2.20. The molecule has 0 radical (unpaired) electrons. The summed E-state index contributed by atoms with van der Waals surface area (Å²) in [5.41, 5.74) is 2.77. The first-order valence-electron chi connectivity index (χ1n) is 8.21. The number of aryl methyl sites for hydroxylation is 1. The summed E-state index contributed by atoms with van der Waals surface area (Å²) in [6, 6.07) is 9.51. The van der Waals surface area contributed by atoms with Gasteiger partial charge in [-0.1, -0.05) is 43.7 Å². The normalized spacial score (nSPS) is 21.9. The molecule has 2 atom stereocenters. The third-order valence-corrected chi connectivity index (χ3v) is 4.30. The van der Waals surface area contributed by atoms with Crippen molar-refractivity contribution < 1.29 is 0 Å². The highest BCUT2D eigenvalue weighted by Gasteiger charge is 2.20. The Bertz CT molecular complexity index is 385. The summed E-state index contributed by atoms with van der Waals surface area (Å²) in [5, 5.41) is 3.73. The van der Waals surface area contributed by atoms with Gasteiger partial charge in [0.05, 0.1) is 0 Å². The van der Waals surface area contributed by atoms with Crippen molar-refractivity contribution in [2.24, 2.45) is 5.92 Å². The van der Waals surface area contributed by atoms with Gasteiger partial charge in [0.2, 0.25) is 0 Å². The molecule has 1 aliphatic heterocycles. The Morgan fingerprint density at radius 3 is 2.70 bits per heavy atom. The molecule has 1 aromatic carbocycles. The maximum atomic E-state index is 3.73. The van der Waals surface area contributed by atoms with Crippen LogP contribution in [0.2, 0.25) is 0 Å². The largest absolute Gasteiger partial charge is 0.309 e. The number of hydrogen-bond donors (Lipinski definition) is 1. The predicted octanol–water partition coefficient (Wildman–Crippen LogP) is 3.77. The van der Waals surface area contributed by atoms with Gasteiger partial charge in [-0.3, -0.25) is 0 Å². The third kappa shape index (κ3) is 4.60. The Labute approximate surface area is 124 Å². The Balaban J connectivity index is 2.00. The summed E-state index contributed by atoms with van der Waals surface area (Å²) >= 11 is 0. The van der Waals surface area contributed by atoms with Crippen LogP contribution in [0.25, 0.3) is 0 Å². The molecule has 1 aliphatic rings. The van der Waals surface area contributed by atoms with E-state index >= 15 is 0 Å². The van der Waals surface area contributed by atoms with Crippen LogP contribution in [0.4, 0.5) is 0 Å². The number of piperidine rings is 1. The maximum absolute atomic E-state index is 3.73. The van der Waals surface area contributed by atoms with Gasteiger partial charge in [0.1, 0.15) is 0 Å². The molecule has 0 amide bonds. The third-order valence-electron chi connectivity index (χ3n) is 4.30. The van der Waals surface area contributed by atoms with Gasteiger partial charge in [0, 0.05) is 19.1 Å². The van der Waals surface area contributed by atoms with Crippen LogP contribution < -0.4 is 5.32 Å². The average molecular weight is 274 g/mol. The van der Waals surface area contributed by atoms with E-state index in [0.29, 0.717) is 6.04 Å². The first-order chi connectivity index (χ1) is 9.69. The molecule has 112 valence electrons. The van der Waals surface area contributed by atoms with E-state index in [2.05, 4.69) is 55.3 Å². The van der Waals surface area contributed by atoms with E-state index in [1.165, 1.54) is 43.5 Å². The Kier molecular flexibility index (Phi) is 6.06. The second-order valence-corrected chi connectivity index (χ2v) is 6.42. The van der Waals surface area contributed by atoms with Crippen molar-refractivity contribution in [2.75, 3.05) is 26.2 Å². The molecule has 20 heavy (non-hydrogen) atoms. The van der Waals surface area contributed by atoms with E-state index < -0.39 is 0 Å². The molecule has 0 bridgehead atoms. The minimum atomic E-state index is 0.473. The maximum Gasteiger partial charge on any atom is 0.0449 e. The lowest BCUT2D eigenvalue weighted by Gasteiger charge is -2.34. The van der Waals surface area contributed by atoms with Crippen molar-refractivity contribution in [3.63, 3.8) is 0 Å². The number of nitrogens with zero attached hydrogens (tertiary/aromatic N) is 1. The molecule has 2 unspecified atom stereocenters. The van der Waals surface area contributed by atoms with Gasteiger partial charge in [-0.05, 0) is 50.8 Å². The predicted molar refractivity (Wildman–Crippen MR) is 87.1 cm³/mol. The van der Waals surface area contributed by atoms with Crippen molar-refractivity contribution in [1.29, 1.82) is 0 Å². The van der Waals surface area contributed by atoms with Crippen molar-refractivity contribution >= 4 is 0 Å². The number of nitrogens with one attached hydrogen (secondary N) is 1. The highest BCUT2D eigenvalue weighted by atomic mass is 15.2. The van der Waals surface area contributed by atoms with E-state index in [4.69, 9.17) is 0 Å².